The predicted molar refractivity (Wildman–Crippen MR) is 58.5 cm³/mol. The number of rotatable bonds is 2. The van der Waals surface area contributed by atoms with Gasteiger partial charge in [-0.3, -0.25) is 0 Å². The van der Waals surface area contributed by atoms with Crippen molar-refractivity contribution in [2.24, 2.45) is 5.92 Å². The fourth-order valence-electron chi connectivity index (χ4n) is 2.38. The number of aliphatic hydroxyl groups excluding tert-OH is 1. The fraction of sp³-hybridized carbons (Fsp3) is 0.538. The molecule has 1 nitrogen and oxygen atoms in total. The van der Waals surface area contributed by atoms with Crippen molar-refractivity contribution in [3.8, 4) is 0 Å². The highest BCUT2D eigenvalue weighted by Gasteiger charge is 2.50. The van der Waals surface area contributed by atoms with Crippen LogP contribution in [0.15, 0.2) is 18.2 Å². The highest BCUT2D eigenvalue weighted by Crippen LogP contribution is 2.53. The molecule has 0 aromatic heterocycles. The molecule has 0 aliphatic heterocycles. The monoisotopic (exact) mass is 190 g/mol. The van der Waals surface area contributed by atoms with E-state index in [0.717, 1.165) is 6.42 Å². The molecule has 0 saturated heterocycles. The van der Waals surface area contributed by atoms with E-state index in [1.165, 1.54) is 16.7 Å². The van der Waals surface area contributed by atoms with Crippen molar-refractivity contribution in [1.29, 1.82) is 0 Å². The molecule has 0 heterocycles. The van der Waals surface area contributed by atoms with E-state index in [-0.39, 0.29) is 5.41 Å². The number of hydrogen-bond donors (Lipinski definition) is 1. The zero-order chi connectivity index (χ0) is 10.3. The average Bonchev–Trinajstić information content (AvgIpc) is 2.77. The van der Waals surface area contributed by atoms with Crippen LogP contribution in [0.5, 0.6) is 0 Å². The van der Waals surface area contributed by atoms with E-state index in [1.807, 2.05) is 0 Å². The summed E-state index contributed by atoms with van der Waals surface area (Å²) in [5.74, 6) is 0.476. The average molecular weight is 190 g/mol. The zero-order valence-electron chi connectivity index (χ0n) is 9.17. The molecule has 0 bridgehead atoms. The van der Waals surface area contributed by atoms with Crippen LogP contribution in [0.4, 0.5) is 0 Å². The van der Waals surface area contributed by atoms with Gasteiger partial charge >= 0.3 is 0 Å². The lowest BCUT2D eigenvalue weighted by molar-refractivity contribution is 0.265. The van der Waals surface area contributed by atoms with Gasteiger partial charge in [0, 0.05) is 6.61 Å². The molecule has 1 N–H and O–H groups in total. The third-order valence-corrected chi connectivity index (χ3v) is 3.51. The van der Waals surface area contributed by atoms with Crippen molar-refractivity contribution >= 4 is 0 Å². The van der Waals surface area contributed by atoms with Gasteiger partial charge in [-0.05, 0) is 37.2 Å². The Balaban J connectivity index is 2.34. The molecule has 1 aromatic rings. The van der Waals surface area contributed by atoms with E-state index in [0.29, 0.717) is 12.5 Å². The van der Waals surface area contributed by atoms with E-state index in [4.69, 9.17) is 5.11 Å². The summed E-state index contributed by atoms with van der Waals surface area (Å²) in [6.45, 7) is 6.85. The summed E-state index contributed by atoms with van der Waals surface area (Å²) in [5.41, 5.74) is 4.29. The first-order valence-electron chi connectivity index (χ1n) is 5.26. The van der Waals surface area contributed by atoms with E-state index in [1.54, 1.807) is 0 Å². The van der Waals surface area contributed by atoms with Crippen LogP contribution in [-0.2, 0) is 5.41 Å². The number of aryl methyl sites for hydroxylation is 2. The summed E-state index contributed by atoms with van der Waals surface area (Å²) in [4.78, 5) is 0. The lowest BCUT2D eigenvalue weighted by Gasteiger charge is -2.13. The van der Waals surface area contributed by atoms with E-state index in [9.17, 15) is 0 Å². The van der Waals surface area contributed by atoms with Crippen molar-refractivity contribution in [2.75, 3.05) is 6.61 Å². The third-order valence-electron chi connectivity index (χ3n) is 3.51. The van der Waals surface area contributed by atoms with Crippen LogP contribution in [0.3, 0.4) is 0 Å². The van der Waals surface area contributed by atoms with Crippen LogP contribution in [0, 0.1) is 19.8 Å². The van der Waals surface area contributed by atoms with Crippen molar-refractivity contribution in [2.45, 2.75) is 32.6 Å². The Morgan fingerprint density at radius 3 is 2.29 bits per heavy atom. The highest BCUT2D eigenvalue weighted by atomic mass is 16.3. The van der Waals surface area contributed by atoms with Crippen LogP contribution in [0.1, 0.15) is 30.0 Å². The lowest BCUT2D eigenvalue weighted by Crippen LogP contribution is -2.07. The van der Waals surface area contributed by atoms with Crippen molar-refractivity contribution in [3.63, 3.8) is 0 Å². The van der Waals surface area contributed by atoms with Gasteiger partial charge < -0.3 is 5.11 Å². The number of benzene rings is 1. The van der Waals surface area contributed by atoms with Gasteiger partial charge in [0.25, 0.3) is 0 Å². The molecule has 2 atom stereocenters. The van der Waals surface area contributed by atoms with E-state index < -0.39 is 0 Å². The van der Waals surface area contributed by atoms with Crippen molar-refractivity contribution < 1.29 is 5.11 Å². The molecule has 2 rings (SSSR count). The first-order chi connectivity index (χ1) is 6.56. The second-order valence-electron chi connectivity index (χ2n) is 4.88. The molecular formula is C13H18O. The predicted octanol–water partition coefficient (Wildman–Crippen LogP) is 2.57. The van der Waals surface area contributed by atoms with Crippen molar-refractivity contribution in [1.82, 2.24) is 0 Å². The van der Waals surface area contributed by atoms with Crippen LogP contribution in [-0.4, -0.2) is 11.7 Å². The maximum absolute atomic E-state index is 9.14. The standard InChI is InChI=1S/C13H18O/c1-9-4-10(2)6-11(5-9)13(3)7-12(13)8-14/h4-6,12,14H,7-8H2,1-3H3/t12?,13-/m1/s1. The first-order valence-corrected chi connectivity index (χ1v) is 5.26. The molecule has 76 valence electrons. The highest BCUT2D eigenvalue weighted by molar-refractivity contribution is 5.38. The second-order valence-corrected chi connectivity index (χ2v) is 4.88. The third kappa shape index (κ3) is 1.46. The van der Waals surface area contributed by atoms with Gasteiger partial charge in [-0.1, -0.05) is 36.2 Å². The lowest BCUT2D eigenvalue weighted by atomic mass is 9.92. The summed E-state index contributed by atoms with van der Waals surface area (Å²) < 4.78 is 0. The molecule has 1 aromatic carbocycles. The number of aliphatic hydroxyl groups is 1. The summed E-state index contributed by atoms with van der Waals surface area (Å²) in [5, 5.41) is 9.14. The summed E-state index contributed by atoms with van der Waals surface area (Å²) in [6.07, 6.45) is 1.13. The van der Waals surface area contributed by atoms with Crippen molar-refractivity contribution in [3.05, 3.63) is 34.9 Å². The van der Waals surface area contributed by atoms with Gasteiger partial charge in [-0.2, -0.15) is 0 Å². The van der Waals surface area contributed by atoms with Crippen LogP contribution < -0.4 is 0 Å². The molecule has 1 saturated carbocycles. The van der Waals surface area contributed by atoms with E-state index in [2.05, 4.69) is 39.0 Å². The Kier molecular flexibility index (Phi) is 2.15. The first kappa shape index (κ1) is 9.72. The molecule has 0 radical (unpaired) electrons. The molecule has 1 aliphatic carbocycles. The molecule has 1 aliphatic rings. The quantitative estimate of drug-likeness (QED) is 0.760. The smallest absolute Gasteiger partial charge is 0.0468 e. The molecular weight excluding hydrogens is 172 g/mol. The van der Waals surface area contributed by atoms with Crippen LogP contribution in [0.25, 0.3) is 0 Å². The van der Waals surface area contributed by atoms with Crippen LogP contribution >= 0.6 is 0 Å². The summed E-state index contributed by atoms with van der Waals surface area (Å²) in [6, 6.07) is 6.70. The summed E-state index contributed by atoms with van der Waals surface area (Å²) >= 11 is 0. The van der Waals surface area contributed by atoms with Gasteiger partial charge in [-0.25, -0.2) is 0 Å². The Hall–Kier alpha value is -0.820. The molecule has 1 unspecified atom stereocenters. The summed E-state index contributed by atoms with van der Waals surface area (Å²) in [7, 11) is 0. The Morgan fingerprint density at radius 1 is 1.29 bits per heavy atom. The fourth-order valence-corrected chi connectivity index (χ4v) is 2.38. The zero-order valence-corrected chi connectivity index (χ0v) is 9.17. The largest absolute Gasteiger partial charge is 0.396 e. The van der Waals surface area contributed by atoms with Gasteiger partial charge in [0.2, 0.25) is 0 Å². The van der Waals surface area contributed by atoms with E-state index >= 15 is 0 Å². The molecule has 1 heteroatoms. The maximum Gasteiger partial charge on any atom is 0.0468 e. The minimum absolute atomic E-state index is 0.242. The van der Waals surface area contributed by atoms with Crippen LogP contribution in [0.2, 0.25) is 0 Å². The SMILES string of the molecule is Cc1cc(C)cc([C@@]2(C)CC2CO)c1. The normalized spacial score (nSPS) is 30.4. The maximum atomic E-state index is 9.14. The van der Waals surface area contributed by atoms with Gasteiger partial charge in [0.05, 0.1) is 0 Å². The Labute approximate surface area is 85.8 Å². The Bertz CT molecular complexity index is 336. The molecule has 0 spiro atoms. The van der Waals surface area contributed by atoms with Gasteiger partial charge in [-0.15, -0.1) is 0 Å². The minimum Gasteiger partial charge on any atom is -0.396 e. The minimum atomic E-state index is 0.242. The second kappa shape index (κ2) is 3.09. The number of hydrogen-bond acceptors (Lipinski definition) is 1. The topological polar surface area (TPSA) is 20.2 Å². The Morgan fingerprint density at radius 2 is 1.86 bits per heavy atom. The van der Waals surface area contributed by atoms with Gasteiger partial charge in [0.15, 0.2) is 0 Å². The molecule has 14 heavy (non-hydrogen) atoms. The van der Waals surface area contributed by atoms with Gasteiger partial charge in [0.1, 0.15) is 0 Å². The molecule has 1 fully saturated rings. The molecule has 0 amide bonds.